The molecule has 0 unspecified atom stereocenters. The van der Waals surface area contributed by atoms with E-state index in [4.69, 9.17) is 0 Å². The van der Waals surface area contributed by atoms with E-state index in [0.29, 0.717) is 11.5 Å². The molecule has 26 heavy (non-hydrogen) atoms. The van der Waals surface area contributed by atoms with Crippen molar-refractivity contribution in [3.63, 3.8) is 0 Å². The van der Waals surface area contributed by atoms with Crippen LogP contribution in [-0.2, 0) is 13.1 Å². The summed E-state index contributed by atoms with van der Waals surface area (Å²) < 4.78 is 2.45. The monoisotopic (exact) mass is 350 g/mol. The van der Waals surface area contributed by atoms with Crippen LogP contribution in [0.4, 0.5) is 0 Å². The van der Waals surface area contributed by atoms with Gasteiger partial charge in [-0.1, -0.05) is 25.1 Å². The summed E-state index contributed by atoms with van der Waals surface area (Å²) in [6, 6.07) is 9.57. The SMILES string of the molecule is CCCn1cc(CN[C@H](C)C23CC4CC(CC(C4)C2)C3)c2ccccc21. The molecule has 140 valence electrons. The zero-order chi connectivity index (χ0) is 17.7. The Kier molecular flexibility index (Phi) is 4.15. The largest absolute Gasteiger partial charge is 0.347 e. The third-order valence-corrected chi connectivity index (χ3v) is 7.94. The molecule has 4 aliphatic carbocycles. The Morgan fingerprint density at radius 2 is 1.73 bits per heavy atom. The first-order valence-corrected chi connectivity index (χ1v) is 11.0. The maximum atomic E-state index is 3.99. The van der Waals surface area contributed by atoms with Gasteiger partial charge in [0.25, 0.3) is 0 Å². The van der Waals surface area contributed by atoms with Gasteiger partial charge < -0.3 is 9.88 Å². The van der Waals surface area contributed by atoms with Crippen molar-refractivity contribution in [2.45, 2.75) is 77.9 Å². The summed E-state index contributed by atoms with van der Waals surface area (Å²) >= 11 is 0. The summed E-state index contributed by atoms with van der Waals surface area (Å²) in [5.74, 6) is 3.12. The maximum absolute atomic E-state index is 3.99. The number of hydrogen-bond acceptors (Lipinski definition) is 1. The van der Waals surface area contributed by atoms with E-state index >= 15 is 0 Å². The third-order valence-electron chi connectivity index (χ3n) is 7.94. The summed E-state index contributed by atoms with van der Waals surface area (Å²) in [5, 5.41) is 5.43. The van der Waals surface area contributed by atoms with Crippen molar-refractivity contribution in [2.24, 2.45) is 23.2 Å². The molecule has 1 N–H and O–H groups in total. The van der Waals surface area contributed by atoms with Gasteiger partial charge in [0.2, 0.25) is 0 Å². The summed E-state index contributed by atoms with van der Waals surface area (Å²) in [6.45, 7) is 6.88. The first-order valence-electron chi connectivity index (χ1n) is 11.0. The lowest BCUT2D eigenvalue weighted by molar-refractivity contribution is -0.0706. The number of benzene rings is 1. The standard InChI is InChI=1S/C24H34N2/c1-3-8-26-16-21(22-6-4-5-7-23(22)26)15-25-17(2)24-12-18-9-19(13-24)11-20(10-18)14-24/h4-7,16-20,25H,3,8-15H2,1-2H3/t17-,18?,19?,20?,24?/m1/s1. The van der Waals surface area contributed by atoms with Crippen LogP contribution >= 0.6 is 0 Å². The van der Waals surface area contributed by atoms with Crippen molar-refractivity contribution >= 4 is 10.9 Å². The topological polar surface area (TPSA) is 17.0 Å². The zero-order valence-corrected chi connectivity index (χ0v) is 16.5. The number of aromatic nitrogens is 1. The molecule has 1 heterocycles. The Bertz CT molecular complexity index is 751. The van der Waals surface area contributed by atoms with Crippen LogP contribution in [0, 0.1) is 23.2 Å². The highest BCUT2D eigenvalue weighted by atomic mass is 15.0. The average molecular weight is 351 g/mol. The Labute approximate surface area is 158 Å². The van der Waals surface area contributed by atoms with E-state index in [0.717, 1.165) is 30.8 Å². The molecule has 2 heteroatoms. The lowest BCUT2D eigenvalue weighted by Gasteiger charge is -2.59. The second-order valence-corrected chi connectivity index (χ2v) is 9.75. The molecule has 1 aromatic carbocycles. The van der Waals surface area contributed by atoms with E-state index in [-0.39, 0.29) is 0 Å². The summed E-state index contributed by atoms with van der Waals surface area (Å²) in [6.07, 6.45) is 12.7. The van der Waals surface area contributed by atoms with Crippen LogP contribution in [0.2, 0.25) is 0 Å². The van der Waals surface area contributed by atoms with Crippen molar-refractivity contribution in [2.75, 3.05) is 0 Å². The predicted octanol–water partition coefficient (Wildman–Crippen LogP) is 5.75. The number of aryl methyl sites for hydroxylation is 1. The van der Waals surface area contributed by atoms with E-state index in [9.17, 15) is 0 Å². The molecule has 4 aliphatic rings. The van der Waals surface area contributed by atoms with E-state index < -0.39 is 0 Å². The van der Waals surface area contributed by atoms with Crippen molar-refractivity contribution in [1.82, 2.24) is 9.88 Å². The molecule has 0 spiro atoms. The van der Waals surface area contributed by atoms with Crippen molar-refractivity contribution in [1.29, 1.82) is 0 Å². The van der Waals surface area contributed by atoms with E-state index in [1.54, 1.807) is 0 Å². The van der Waals surface area contributed by atoms with Gasteiger partial charge in [-0.2, -0.15) is 0 Å². The number of nitrogens with one attached hydrogen (secondary N) is 1. The van der Waals surface area contributed by atoms with Crippen LogP contribution in [0.5, 0.6) is 0 Å². The van der Waals surface area contributed by atoms with Gasteiger partial charge in [0.15, 0.2) is 0 Å². The molecule has 4 saturated carbocycles. The van der Waals surface area contributed by atoms with Crippen molar-refractivity contribution in [3.8, 4) is 0 Å². The lowest BCUT2D eigenvalue weighted by Crippen LogP contribution is -2.54. The molecule has 2 nitrogen and oxygen atoms in total. The molecule has 1 aromatic heterocycles. The Balaban J connectivity index is 1.34. The minimum absolute atomic E-state index is 0.594. The number of nitrogens with zero attached hydrogens (tertiary/aromatic N) is 1. The van der Waals surface area contributed by atoms with E-state index in [1.165, 1.54) is 61.4 Å². The molecular formula is C24H34N2. The van der Waals surface area contributed by atoms with Gasteiger partial charge in [-0.25, -0.2) is 0 Å². The molecule has 2 aromatic rings. The van der Waals surface area contributed by atoms with Crippen LogP contribution in [0.3, 0.4) is 0 Å². The smallest absolute Gasteiger partial charge is 0.0483 e. The highest BCUT2D eigenvalue weighted by Crippen LogP contribution is 2.61. The quantitative estimate of drug-likeness (QED) is 0.702. The molecule has 0 aliphatic heterocycles. The minimum Gasteiger partial charge on any atom is -0.347 e. The van der Waals surface area contributed by atoms with Crippen LogP contribution in [-0.4, -0.2) is 10.6 Å². The Morgan fingerprint density at radius 3 is 2.38 bits per heavy atom. The predicted molar refractivity (Wildman–Crippen MR) is 109 cm³/mol. The van der Waals surface area contributed by atoms with Gasteiger partial charge in [-0.3, -0.25) is 0 Å². The van der Waals surface area contributed by atoms with Crippen molar-refractivity contribution in [3.05, 3.63) is 36.0 Å². The molecule has 0 amide bonds. The summed E-state index contributed by atoms with van der Waals surface area (Å²) in [7, 11) is 0. The fourth-order valence-corrected chi connectivity index (χ4v) is 7.08. The number of fused-ring (bicyclic) bond motifs is 1. The average Bonchev–Trinajstić information content (AvgIpc) is 2.97. The first-order chi connectivity index (χ1) is 12.7. The van der Waals surface area contributed by atoms with Crippen LogP contribution in [0.1, 0.15) is 64.4 Å². The highest BCUT2D eigenvalue weighted by molar-refractivity contribution is 5.83. The van der Waals surface area contributed by atoms with Gasteiger partial charge in [0.1, 0.15) is 0 Å². The van der Waals surface area contributed by atoms with Gasteiger partial charge in [0, 0.05) is 36.2 Å². The fraction of sp³-hybridized carbons (Fsp3) is 0.667. The first kappa shape index (κ1) is 16.9. The third kappa shape index (κ3) is 2.72. The lowest BCUT2D eigenvalue weighted by atomic mass is 9.48. The normalized spacial score (nSPS) is 33.8. The fourth-order valence-electron chi connectivity index (χ4n) is 7.08. The molecular weight excluding hydrogens is 316 g/mol. The summed E-state index contributed by atoms with van der Waals surface area (Å²) in [5.41, 5.74) is 3.47. The van der Waals surface area contributed by atoms with Gasteiger partial charge >= 0.3 is 0 Å². The van der Waals surface area contributed by atoms with Crippen LogP contribution < -0.4 is 5.32 Å². The van der Waals surface area contributed by atoms with Gasteiger partial charge in [0.05, 0.1) is 0 Å². The van der Waals surface area contributed by atoms with Crippen molar-refractivity contribution < 1.29 is 0 Å². The van der Waals surface area contributed by atoms with E-state index in [1.807, 2.05) is 0 Å². The Hall–Kier alpha value is -1.28. The van der Waals surface area contributed by atoms with Gasteiger partial charge in [-0.15, -0.1) is 0 Å². The van der Waals surface area contributed by atoms with Gasteiger partial charge in [-0.05, 0) is 86.7 Å². The minimum atomic E-state index is 0.594. The molecule has 6 rings (SSSR count). The maximum Gasteiger partial charge on any atom is 0.0483 e. The van der Waals surface area contributed by atoms with E-state index in [2.05, 4.69) is 54.2 Å². The highest BCUT2D eigenvalue weighted by Gasteiger charge is 2.52. The zero-order valence-electron chi connectivity index (χ0n) is 16.5. The van der Waals surface area contributed by atoms with Crippen LogP contribution in [0.15, 0.2) is 30.5 Å². The van der Waals surface area contributed by atoms with Crippen LogP contribution in [0.25, 0.3) is 10.9 Å². The number of hydrogen-bond donors (Lipinski definition) is 1. The number of para-hydroxylation sites is 1. The molecule has 0 saturated heterocycles. The molecule has 4 bridgehead atoms. The second-order valence-electron chi connectivity index (χ2n) is 9.75. The molecule has 1 atom stereocenters. The molecule has 4 fully saturated rings. The molecule has 0 radical (unpaired) electrons. The Morgan fingerprint density at radius 1 is 1.08 bits per heavy atom. The summed E-state index contributed by atoms with van der Waals surface area (Å²) in [4.78, 5) is 0. The second kappa shape index (κ2) is 6.41. The number of rotatable bonds is 6.